The second kappa shape index (κ2) is 6.35. The molecular weight excluding hydrogens is 238 g/mol. The van der Waals surface area contributed by atoms with Crippen molar-refractivity contribution in [1.29, 1.82) is 0 Å². The summed E-state index contributed by atoms with van der Waals surface area (Å²) in [5.41, 5.74) is 1.23. The monoisotopic (exact) mass is 263 g/mol. The van der Waals surface area contributed by atoms with Gasteiger partial charge in [0.2, 0.25) is 0 Å². The van der Waals surface area contributed by atoms with E-state index in [0.717, 1.165) is 25.5 Å². The maximum absolute atomic E-state index is 5.75. The average molecular weight is 263 g/mol. The molecule has 1 saturated heterocycles. The first kappa shape index (κ1) is 14.3. The number of hydrogen-bond donors (Lipinski definition) is 1. The second-order valence-corrected chi connectivity index (χ2v) is 5.72. The van der Waals surface area contributed by atoms with Gasteiger partial charge in [-0.1, -0.05) is 19.9 Å². The number of aromatic nitrogens is 1. The fraction of sp³-hybridized carbons (Fsp3) is 0.667. The molecule has 19 heavy (non-hydrogen) atoms. The van der Waals surface area contributed by atoms with Crippen molar-refractivity contribution in [3.63, 3.8) is 0 Å². The van der Waals surface area contributed by atoms with Crippen molar-refractivity contribution in [1.82, 2.24) is 10.3 Å². The number of hydrogen-bond acceptors (Lipinski definition) is 4. The molecule has 1 aliphatic rings. The van der Waals surface area contributed by atoms with Gasteiger partial charge in [-0.25, -0.2) is 4.98 Å². The Kier molecular flexibility index (Phi) is 4.77. The van der Waals surface area contributed by atoms with Crippen molar-refractivity contribution in [2.75, 3.05) is 18.0 Å². The minimum absolute atomic E-state index is 0.271. The third kappa shape index (κ3) is 4.18. The molecule has 1 aliphatic heterocycles. The van der Waals surface area contributed by atoms with Gasteiger partial charge >= 0.3 is 0 Å². The number of nitrogens with zero attached hydrogens (tertiary/aromatic N) is 2. The molecule has 4 nitrogen and oxygen atoms in total. The van der Waals surface area contributed by atoms with E-state index in [2.05, 4.69) is 55.0 Å². The van der Waals surface area contributed by atoms with Crippen LogP contribution in [-0.4, -0.2) is 36.3 Å². The van der Waals surface area contributed by atoms with Crippen LogP contribution in [0.25, 0.3) is 0 Å². The highest BCUT2D eigenvalue weighted by Crippen LogP contribution is 2.18. The molecule has 0 bridgehead atoms. The first-order valence-electron chi connectivity index (χ1n) is 7.13. The largest absolute Gasteiger partial charge is 0.372 e. The number of morpholine rings is 1. The maximum atomic E-state index is 5.75. The molecule has 0 spiro atoms. The Morgan fingerprint density at radius 2 is 2.00 bits per heavy atom. The van der Waals surface area contributed by atoms with Gasteiger partial charge in [-0.05, 0) is 25.5 Å². The van der Waals surface area contributed by atoms with Crippen LogP contribution in [0, 0.1) is 0 Å². The maximum Gasteiger partial charge on any atom is 0.128 e. The van der Waals surface area contributed by atoms with Crippen LogP contribution in [0.2, 0.25) is 0 Å². The molecule has 1 aromatic heterocycles. The summed E-state index contributed by atoms with van der Waals surface area (Å²) in [7, 11) is 0. The third-order valence-electron chi connectivity index (χ3n) is 3.27. The van der Waals surface area contributed by atoms with Gasteiger partial charge in [0.15, 0.2) is 0 Å². The van der Waals surface area contributed by atoms with E-state index in [4.69, 9.17) is 4.74 Å². The Morgan fingerprint density at radius 1 is 1.32 bits per heavy atom. The SMILES string of the molecule is CC(C)NCc1ccc(N2C[C@@H](C)O[C@@H](C)C2)nc1. The number of anilines is 1. The van der Waals surface area contributed by atoms with Crippen LogP contribution in [0.5, 0.6) is 0 Å². The summed E-state index contributed by atoms with van der Waals surface area (Å²) in [5.74, 6) is 1.05. The molecule has 0 amide bonds. The van der Waals surface area contributed by atoms with Crippen LogP contribution in [0.4, 0.5) is 5.82 Å². The summed E-state index contributed by atoms with van der Waals surface area (Å²) >= 11 is 0. The predicted molar refractivity (Wildman–Crippen MR) is 78.4 cm³/mol. The van der Waals surface area contributed by atoms with E-state index >= 15 is 0 Å². The van der Waals surface area contributed by atoms with Gasteiger partial charge in [0, 0.05) is 31.9 Å². The van der Waals surface area contributed by atoms with Crippen LogP contribution >= 0.6 is 0 Å². The van der Waals surface area contributed by atoms with Crippen molar-refractivity contribution in [2.45, 2.75) is 52.5 Å². The number of nitrogens with one attached hydrogen (secondary N) is 1. The van der Waals surface area contributed by atoms with Gasteiger partial charge < -0.3 is 15.0 Å². The quantitative estimate of drug-likeness (QED) is 0.903. The lowest BCUT2D eigenvalue weighted by molar-refractivity contribution is -0.00545. The molecule has 0 aliphatic carbocycles. The highest BCUT2D eigenvalue weighted by molar-refractivity contribution is 5.40. The van der Waals surface area contributed by atoms with Crippen LogP contribution < -0.4 is 10.2 Å². The summed E-state index contributed by atoms with van der Waals surface area (Å²) in [4.78, 5) is 6.88. The Bertz CT molecular complexity index is 381. The number of pyridine rings is 1. The molecular formula is C15H25N3O. The number of rotatable bonds is 4. The van der Waals surface area contributed by atoms with Gasteiger partial charge in [0.05, 0.1) is 12.2 Å². The van der Waals surface area contributed by atoms with E-state index < -0.39 is 0 Å². The van der Waals surface area contributed by atoms with Crippen molar-refractivity contribution >= 4 is 5.82 Å². The molecule has 1 fully saturated rings. The average Bonchev–Trinajstić information content (AvgIpc) is 2.36. The fourth-order valence-corrected chi connectivity index (χ4v) is 2.40. The Hall–Kier alpha value is -1.13. The summed E-state index contributed by atoms with van der Waals surface area (Å²) in [5, 5.41) is 3.40. The standard InChI is InChI=1S/C15H25N3O/c1-11(2)16-7-14-5-6-15(17-8-14)18-9-12(3)19-13(4)10-18/h5-6,8,11-13,16H,7,9-10H2,1-4H3/t12-,13+. The lowest BCUT2D eigenvalue weighted by atomic mass is 10.2. The van der Waals surface area contributed by atoms with E-state index in [1.54, 1.807) is 0 Å². The molecule has 106 valence electrons. The van der Waals surface area contributed by atoms with Crippen LogP contribution in [0.15, 0.2) is 18.3 Å². The van der Waals surface area contributed by atoms with Gasteiger partial charge in [0.25, 0.3) is 0 Å². The minimum atomic E-state index is 0.271. The zero-order chi connectivity index (χ0) is 13.8. The zero-order valence-electron chi connectivity index (χ0n) is 12.4. The normalized spacial score (nSPS) is 23.9. The van der Waals surface area contributed by atoms with Crippen molar-refractivity contribution in [3.05, 3.63) is 23.9 Å². The zero-order valence-corrected chi connectivity index (χ0v) is 12.4. The Morgan fingerprint density at radius 3 is 2.53 bits per heavy atom. The summed E-state index contributed by atoms with van der Waals surface area (Å²) in [6.45, 7) is 11.2. The Balaban J connectivity index is 1.97. The molecule has 0 unspecified atom stereocenters. The third-order valence-corrected chi connectivity index (χ3v) is 3.27. The highest BCUT2D eigenvalue weighted by Gasteiger charge is 2.22. The lowest BCUT2D eigenvalue weighted by Gasteiger charge is -2.36. The Labute approximate surface area is 116 Å². The van der Waals surface area contributed by atoms with Crippen molar-refractivity contribution in [3.8, 4) is 0 Å². The van der Waals surface area contributed by atoms with E-state index in [1.807, 2.05) is 6.20 Å². The molecule has 2 atom stereocenters. The topological polar surface area (TPSA) is 37.4 Å². The van der Waals surface area contributed by atoms with Crippen molar-refractivity contribution in [2.24, 2.45) is 0 Å². The van der Waals surface area contributed by atoms with Crippen molar-refractivity contribution < 1.29 is 4.74 Å². The molecule has 0 radical (unpaired) electrons. The smallest absolute Gasteiger partial charge is 0.128 e. The molecule has 2 heterocycles. The van der Waals surface area contributed by atoms with Gasteiger partial charge in [-0.3, -0.25) is 0 Å². The summed E-state index contributed by atoms with van der Waals surface area (Å²) in [6.07, 6.45) is 2.51. The lowest BCUT2D eigenvalue weighted by Crippen LogP contribution is -2.45. The fourth-order valence-electron chi connectivity index (χ4n) is 2.40. The van der Waals surface area contributed by atoms with E-state index in [9.17, 15) is 0 Å². The van der Waals surface area contributed by atoms with Crippen LogP contribution in [0.1, 0.15) is 33.3 Å². The minimum Gasteiger partial charge on any atom is -0.372 e. The van der Waals surface area contributed by atoms with Gasteiger partial charge in [-0.2, -0.15) is 0 Å². The van der Waals surface area contributed by atoms with Crippen LogP contribution in [-0.2, 0) is 11.3 Å². The molecule has 1 aromatic rings. The first-order valence-corrected chi connectivity index (χ1v) is 7.13. The molecule has 0 aromatic carbocycles. The van der Waals surface area contributed by atoms with E-state index in [-0.39, 0.29) is 12.2 Å². The molecule has 2 rings (SSSR count). The van der Waals surface area contributed by atoms with E-state index in [0.29, 0.717) is 6.04 Å². The molecule has 4 heteroatoms. The summed E-state index contributed by atoms with van der Waals surface area (Å²) < 4.78 is 5.75. The van der Waals surface area contributed by atoms with Crippen LogP contribution in [0.3, 0.4) is 0 Å². The summed E-state index contributed by atoms with van der Waals surface area (Å²) in [6, 6.07) is 4.77. The highest BCUT2D eigenvalue weighted by atomic mass is 16.5. The second-order valence-electron chi connectivity index (χ2n) is 5.72. The van der Waals surface area contributed by atoms with Gasteiger partial charge in [-0.15, -0.1) is 0 Å². The first-order chi connectivity index (χ1) is 9.04. The molecule has 1 N–H and O–H groups in total. The number of ether oxygens (including phenoxy) is 1. The predicted octanol–water partition coefficient (Wildman–Crippen LogP) is 2.19. The van der Waals surface area contributed by atoms with E-state index in [1.165, 1.54) is 5.56 Å². The molecule has 0 saturated carbocycles. The van der Waals surface area contributed by atoms with Gasteiger partial charge in [0.1, 0.15) is 5.82 Å².